The Hall–Kier alpha value is -2.15. The lowest BCUT2D eigenvalue weighted by Crippen LogP contribution is -2.60. The Morgan fingerprint density at radius 3 is 2.64 bits per heavy atom. The molecule has 25 heavy (non-hydrogen) atoms. The number of rotatable bonds is 4. The van der Waals surface area contributed by atoms with Crippen LogP contribution in [0.5, 0.6) is 5.75 Å². The Morgan fingerprint density at radius 2 is 2.04 bits per heavy atom. The van der Waals surface area contributed by atoms with Crippen LogP contribution in [-0.2, 0) is 15.1 Å². The Labute approximate surface area is 146 Å². The van der Waals surface area contributed by atoms with Crippen LogP contribution >= 0.6 is 0 Å². The molecule has 0 N–H and O–H groups in total. The molecule has 1 spiro atoms. The molecular formula is C18H24N2O5. The first-order chi connectivity index (χ1) is 11.8. The lowest BCUT2D eigenvalue weighted by molar-refractivity contribution is -0.137. The van der Waals surface area contributed by atoms with Crippen molar-refractivity contribution in [3.8, 4) is 5.75 Å². The second kappa shape index (κ2) is 6.29. The summed E-state index contributed by atoms with van der Waals surface area (Å²) in [7, 11) is 3.39. The summed E-state index contributed by atoms with van der Waals surface area (Å²) in [6, 6.07) is 1.37. The summed E-state index contributed by atoms with van der Waals surface area (Å²) in [6.07, 6.45) is 3.36. The number of carbonyl (C=O) groups is 2. The topological polar surface area (TPSA) is 77.8 Å². The van der Waals surface area contributed by atoms with Crippen molar-refractivity contribution in [2.75, 3.05) is 27.3 Å². The molecule has 0 atom stereocenters. The Bertz CT molecular complexity index is 761. The molecule has 0 bridgehead atoms. The molecule has 7 nitrogen and oxygen atoms in total. The van der Waals surface area contributed by atoms with Gasteiger partial charge >= 0.3 is 5.97 Å². The number of carbonyl (C=O) groups excluding carboxylic acids is 2. The fourth-order valence-electron chi connectivity index (χ4n) is 3.90. The van der Waals surface area contributed by atoms with Gasteiger partial charge in [-0.15, -0.1) is 0 Å². The van der Waals surface area contributed by atoms with Gasteiger partial charge < -0.3 is 18.9 Å². The van der Waals surface area contributed by atoms with Crippen LogP contribution in [0.3, 0.4) is 0 Å². The van der Waals surface area contributed by atoms with Crippen LogP contribution in [0.2, 0.25) is 0 Å². The second-order valence-corrected chi connectivity index (χ2v) is 7.42. The summed E-state index contributed by atoms with van der Waals surface area (Å²) in [6.45, 7) is 4.61. The number of amides is 1. The fourth-order valence-corrected chi connectivity index (χ4v) is 3.90. The Kier molecular flexibility index (Phi) is 4.45. The van der Waals surface area contributed by atoms with Crippen molar-refractivity contribution >= 4 is 11.9 Å². The van der Waals surface area contributed by atoms with Gasteiger partial charge in [-0.1, -0.05) is 13.8 Å². The minimum atomic E-state index is -0.521. The maximum Gasteiger partial charge on any atom is 0.313 e. The number of hydrogen-bond acceptors (Lipinski definition) is 5. The summed E-state index contributed by atoms with van der Waals surface area (Å²) >= 11 is 0. The smallest absolute Gasteiger partial charge is 0.313 e. The van der Waals surface area contributed by atoms with Crippen LogP contribution in [0.4, 0.5) is 0 Å². The summed E-state index contributed by atoms with van der Waals surface area (Å²) in [5.74, 6) is -0.953. The monoisotopic (exact) mass is 348 g/mol. The predicted octanol–water partition coefficient (Wildman–Crippen LogP) is 1.25. The number of likely N-dealkylation sites (N-methyl/N-ethyl adjacent to an activating group) is 1. The second-order valence-electron chi connectivity index (χ2n) is 7.42. The lowest BCUT2D eigenvalue weighted by atomic mass is 9.67. The average molecular weight is 348 g/mol. The number of nitrogens with zero attached hydrogens (tertiary/aromatic N) is 2. The summed E-state index contributed by atoms with van der Waals surface area (Å²) in [5.41, 5.74) is -0.550. The molecule has 1 aliphatic carbocycles. The molecule has 1 fully saturated rings. The van der Waals surface area contributed by atoms with Gasteiger partial charge in [-0.2, -0.15) is 0 Å². The lowest BCUT2D eigenvalue weighted by Gasteiger charge is -2.54. The number of pyridine rings is 1. The average Bonchev–Trinajstić information content (AvgIpc) is 2.52. The first kappa shape index (κ1) is 17.7. The van der Waals surface area contributed by atoms with E-state index in [0.717, 1.165) is 12.8 Å². The van der Waals surface area contributed by atoms with E-state index in [1.54, 1.807) is 39.1 Å². The van der Waals surface area contributed by atoms with Crippen molar-refractivity contribution in [3.05, 3.63) is 28.2 Å². The minimum absolute atomic E-state index is 0.160. The van der Waals surface area contributed by atoms with Gasteiger partial charge in [-0.05, 0) is 18.8 Å². The molecule has 0 radical (unpaired) electrons. The van der Waals surface area contributed by atoms with Gasteiger partial charge in [0.2, 0.25) is 11.2 Å². The SMILES string of the molecule is COCC1CC2(C1)CN(C)C(=O)c1c(OC(=O)C(C)C)c(=O)ccn12. The van der Waals surface area contributed by atoms with Crippen molar-refractivity contribution in [1.82, 2.24) is 9.47 Å². The van der Waals surface area contributed by atoms with Crippen LogP contribution in [0.25, 0.3) is 0 Å². The zero-order chi connectivity index (χ0) is 18.4. The third-order valence-electron chi connectivity index (χ3n) is 5.06. The van der Waals surface area contributed by atoms with Crippen molar-refractivity contribution in [2.24, 2.45) is 11.8 Å². The summed E-state index contributed by atoms with van der Waals surface area (Å²) < 4.78 is 12.4. The molecule has 1 amide bonds. The fraction of sp³-hybridized carbons (Fsp3) is 0.611. The first-order valence-electron chi connectivity index (χ1n) is 8.51. The molecule has 0 saturated heterocycles. The molecule has 2 heterocycles. The zero-order valence-electron chi connectivity index (χ0n) is 15.1. The van der Waals surface area contributed by atoms with Crippen molar-refractivity contribution in [1.29, 1.82) is 0 Å². The molecule has 0 aromatic carbocycles. The highest BCUT2D eigenvalue weighted by Crippen LogP contribution is 2.47. The highest BCUT2D eigenvalue weighted by Gasteiger charge is 2.51. The number of aromatic nitrogens is 1. The molecule has 2 aliphatic rings. The van der Waals surface area contributed by atoms with Gasteiger partial charge in [0.1, 0.15) is 0 Å². The van der Waals surface area contributed by atoms with E-state index in [-0.39, 0.29) is 28.8 Å². The Balaban J connectivity index is 2.06. The van der Waals surface area contributed by atoms with Crippen LogP contribution < -0.4 is 10.2 Å². The summed E-state index contributed by atoms with van der Waals surface area (Å²) in [5, 5.41) is 0. The normalized spacial score (nSPS) is 25.1. The number of hydrogen-bond donors (Lipinski definition) is 0. The van der Waals surface area contributed by atoms with Gasteiger partial charge in [0.15, 0.2) is 5.69 Å². The highest BCUT2D eigenvalue weighted by molar-refractivity contribution is 5.97. The number of ether oxygens (including phenoxy) is 2. The number of methoxy groups -OCH3 is 1. The van der Waals surface area contributed by atoms with Crippen molar-refractivity contribution in [2.45, 2.75) is 32.2 Å². The van der Waals surface area contributed by atoms with Gasteiger partial charge in [-0.3, -0.25) is 14.4 Å². The highest BCUT2D eigenvalue weighted by atomic mass is 16.5. The zero-order valence-corrected chi connectivity index (χ0v) is 15.1. The largest absolute Gasteiger partial charge is 0.420 e. The maximum atomic E-state index is 12.7. The van der Waals surface area contributed by atoms with E-state index in [1.165, 1.54) is 6.07 Å². The first-order valence-corrected chi connectivity index (χ1v) is 8.51. The van der Waals surface area contributed by atoms with E-state index in [1.807, 2.05) is 4.57 Å². The van der Waals surface area contributed by atoms with Crippen molar-refractivity contribution in [3.63, 3.8) is 0 Å². The van der Waals surface area contributed by atoms with Gasteiger partial charge in [-0.25, -0.2) is 0 Å². The maximum absolute atomic E-state index is 12.7. The molecule has 1 saturated carbocycles. The minimum Gasteiger partial charge on any atom is -0.420 e. The van der Waals surface area contributed by atoms with Crippen LogP contribution in [0.15, 0.2) is 17.1 Å². The van der Waals surface area contributed by atoms with E-state index in [0.29, 0.717) is 19.1 Å². The Morgan fingerprint density at radius 1 is 1.36 bits per heavy atom. The molecule has 1 aromatic heterocycles. The molecule has 7 heteroatoms. The molecular weight excluding hydrogens is 324 g/mol. The van der Waals surface area contributed by atoms with Gasteiger partial charge in [0.05, 0.1) is 11.5 Å². The van der Waals surface area contributed by atoms with Crippen molar-refractivity contribution < 1.29 is 19.1 Å². The van der Waals surface area contributed by atoms with Crippen LogP contribution in [0.1, 0.15) is 37.2 Å². The van der Waals surface area contributed by atoms with E-state index >= 15 is 0 Å². The van der Waals surface area contributed by atoms with E-state index in [4.69, 9.17) is 9.47 Å². The standard InChI is InChI=1S/C18H24N2O5/c1-11(2)17(23)25-15-13(21)5-6-20-14(15)16(22)19(3)10-18(20)7-12(8-18)9-24-4/h5-6,11-12H,7-10H2,1-4H3. The van der Waals surface area contributed by atoms with E-state index in [9.17, 15) is 14.4 Å². The van der Waals surface area contributed by atoms with Gasteiger partial charge in [0, 0.05) is 39.6 Å². The number of fused-ring (bicyclic) bond motifs is 2. The van der Waals surface area contributed by atoms with Crippen LogP contribution in [-0.4, -0.2) is 48.7 Å². The van der Waals surface area contributed by atoms with Gasteiger partial charge in [0.25, 0.3) is 5.91 Å². The molecule has 3 rings (SSSR count). The molecule has 136 valence electrons. The van der Waals surface area contributed by atoms with E-state index < -0.39 is 11.4 Å². The summed E-state index contributed by atoms with van der Waals surface area (Å²) in [4.78, 5) is 38.6. The van der Waals surface area contributed by atoms with Crippen LogP contribution in [0, 0.1) is 11.8 Å². The molecule has 1 aromatic rings. The number of esters is 1. The third-order valence-corrected chi connectivity index (χ3v) is 5.06. The predicted molar refractivity (Wildman–Crippen MR) is 90.7 cm³/mol. The molecule has 0 unspecified atom stereocenters. The third kappa shape index (κ3) is 2.86. The quantitative estimate of drug-likeness (QED) is 0.765. The molecule has 1 aliphatic heterocycles. The van der Waals surface area contributed by atoms with E-state index in [2.05, 4.69) is 0 Å².